The van der Waals surface area contributed by atoms with Crippen molar-refractivity contribution in [2.45, 2.75) is 18.6 Å². The Balaban J connectivity index is 0.00000324. The number of amides is 1. The summed E-state index contributed by atoms with van der Waals surface area (Å²) in [7, 11) is 0. The van der Waals surface area contributed by atoms with E-state index in [0.29, 0.717) is 5.56 Å². The first-order valence-electron chi connectivity index (χ1n) is 5.13. The molecule has 108 valence electrons. The van der Waals surface area contributed by atoms with Gasteiger partial charge in [-0.25, -0.2) is 4.79 Å². The normalized spacial score (nSPS) is 12.4. The second kappa shape index (κ2) is 7.20. The molecule has 0 radical (unpaired) electrons. The summed E-state index contributed by atoms with van der Waals surface area (Å²) < 4.78 is 41.8. The molecule has 0 saturated heterocycles. The van der Waals surface area contributed by atoms with Gasteiger partial charge in [-0.05, 0) is 18.1 Å². The van der Waals surface area contributed by atoms with Crippen LogP contribution in [0.4, 0.5) is 18.0 Å². The van der Waals surface area contributed by atoms with Crippen LogP contribution in [0, 0.1) is 0 Å². The topological polar surface area (TPSA) is 78.3 Å². The Kier molecular flexibility index (Phi) is 6.64. The van der Waals surface area contributed by atoms with Gasteiger partial charge in [0.1, 0.15) is 6.61 Å². The number of hydrogen-bond acceptors (Lipinski definition) is 3. The minimum Gasteiger partial charge on any atom is -0.448 e. The Hall–Kier alpha value is -1.47. The molecule has 1 rings (SSSR count). The molecule has 1 aromatic carbocycles. The van der Waals surface area contributed by atoms with Crippen LogP contribution >= 0.6 is 12.4 Å². The molecule has 0 saturated carbocycles. The number of ether oxygens (including phenoxy) is 1. The zero-order valence-corrected chi connectivity index (χ0v) is 10.6. The summed E-state index contributed by atoms with van der Waals surface area (Å²) in [5, 5.41) is 0. The quantitative estimate of drug-likeness (QED) is 0.893. The standard InChI is InChI=1S/C11H13F3N2O2.ClH/c12-11(13,14)8-3-1-2-7(4-8)5-9(15)6-18-10(16)17;/h1-4,9H,5-6,15H2,(H2,16,17);1H/t9-;/m1./s1. The molecule has 1 amide bonds. The molecule has 4 nitrogen and oxygen atoms in total. The maximum atomic E-state index is 12.4. The Morgan fingerprint density at radius 3 is 2.53 bits per heavy atom. The van der Waals surface area contributed by atoms with Crippen molar-refractivity contribution in [3.05, 3.63) is 35.4 Å². The summed E-state index contributed by atoms with van der Waals surface area (Å²) in [5.74, 6) is 0. The van der Waals surface area contributed by atoms with Crippen molar-refractivity contribution < 1.29 is 22.7 Å². The van der Waals surface area contributed by atoms with Gasteiger partial charge < -0.3 is 16.2 Å². The van der Waals surface area contributed by atoms with E-state index in [1.54, 1.807) is 0 Å². The average Bonchev–Trinajstić information content (AvgIpc) is 2.25. The monoisotopic (exact) mass is 298 g/mol. The number of halogens is 4. The fourth-order valence-electron chi connectivity index (χ4n) is 1.43. The van der Waals surface area contributed by atoms with Crippen molar-refractivity contribution >= 4 is 18.5 Å². The van der Waals surface area contributed by atoms with Crippen LogP contribution in [-0.2, 0) is 17.3 Å². The van der Waals surface area contributed by atoms with Gasteiger partial charge in [0.2, 0.25) is 0 Å². The fraction of sp³-hybridized carbons (Fsp3) is 0.364. The first-order chi connectivity index (χ1) is 8.29. The van der Waals surface area contributed by atoms with Crippen LogP contribution in [0.1, 0.15) is 11.1 Å². The molecule has 19 heavy (non-hydrogen) atoms. The van der Waals surface area contributed by atoms with Gasteiger partial charge in [0.05, 0.1) is 5.56 Å². The molecule has 0 spiro atoms. The van der Waals surface area contributed by atoms with Crippen LogP contribution in [0.3, 0.4) is 0 Å². The van der Waals surface area contributed by atoms with E-state index in [4.69, 9.17) is 11.5 Å². The molecule has 0 fully saturated rings. The predicted molar refractivity (Wildman–Crippen MR) is 65.9 cm³/mol. The van der Waals surface area contributed by atoms with Gasteiger partial charge in [0.15, 0.2) is 0 Å². The summed E-state index contributed by atoms with van der Waals surface area (Å²) in [6.07, 6.45) is -5.18. The van der Waals surface area contributed by atoms with Crippen LogP contribution in [0.2, 0.25) is 0 Å². The number of carbonyl (C=O) groups excluding carboxylic acids is 1. The number of hydrogen-bond donors (Lipinski definition) is 2. The van der Waals surface area contributed by atoms with Gasteiger partial charge in [-0.15, -0.1) is 12.4 Å². The lowest BCUT2D eigenvalue weighted by atomic mass is 10.0. The molecule has 8 heteroatoms. The van der Waals surface area contributed by atoms with E-state index < -0.39 is 23.9 Å². The van der Waals surface area contributed by atoms with E-state index in [-0.39, 0.29) is 25.4 Å². The smallest absolute Gasteiger partial charge is 0.416 e. The van der Waals surface area contributed by atoms with Crippen molar-refractivity contribution in [1.82, 2.24) is 0 Å². The van der Waals surface area contributed by atoms with Crippen LogP contribution < -0.4 is 11.5 Å². The Labute approximate surface area is 114 Å². The average molecular weight is 299 g/mol. The van der Waals surface area contributed by atoms with Crippen LogP contribution in [-0.4, -0.2) is 18.7 Å². The molecule has 4 N–H and O–H groups in total. The van der Waals surface area contributed by atoms with Crippen molar-refractivity contribution in [2.75, 3.05) is 6.61 Å². The van der Waals surface area contributed by atoms with E-state index in [2.05, 4.69) is 4.74 Å². The predicted octanol–water partition coefficient (Wildman–Crippen LogP) is 2.09. The van der Waals surface area contributed by atoms with Crippen molar-refractivity contribution in [1.29, 1.82) is 0 Å². The van der Waals surface area contributed by atoms with Crippen molar-refractivity contribution in [2.24, 2.45) is 11.5 Å². The highest BCUT2D eigenvalue weighted by atomic mass is 35.5. The molecule has 1 atom stereocenters. The minimum absolute atomic E-state index is 0. The molecule has 0 aliphatic rings. The SMILES string of the molecule is Cl.NC(=O)OC[C@H](N)Cc1cccc(C(F)(F)F)c1. The van der Waals surface area contributed by atoms with Gasteiger partial charge in [-0.1, -0.05) is 18.2 Å². The van der Waals surface area contributed by atoms with E-state index in [0.717, 1.165) is 12.1 Å². The van der Waals surface area contributed by atoms with Gasteiger partial charge >= 0.3 is 12.3 Å². The lowest BCUT2D eigenvalue weighted by Gasteiger charge is -2.13. The van der Waals surface area contributed by atoms with E-state index in [1.807, 2.05) is 0 Å². The summed E-state index contributed by atoms with van der Waals surface area (Å²) in [6, 6.07) is 4.24. The van der Waals surface area contributed by atoms with E-state index in [9.17, 15) is 18.0 Å². The number of benzene rings is 1. The molecule has 0 bridgehead atoms. The molecular weight excluding hydrogens is 285 g/mol. The lowest BCUT2D eigenvalue weighted by molar-refractivity contribution is -0.137. The molecule has 1 aromatic rings. The van der Waals surface area contributed by atoms with Gasteiger partial charge in [-0.2, -0.15) is 13.2 Å². The highest BCUT2D eigenvalue weighted by Crippen LogP contribution is 2.29. The number of carbonyl (C=O) groups is 1. The third-order valence-electron chi connectivity index (χ3n) is 2.19. The molecular formula is C11H14ClF3N2O2. The zero-order chi connectivity index (χ0) is 13.8. The Bertz CT molecular complexity index is 427. The highest BCUT2D eigenvalue weighted by Gasteiger charge is 2.30. The van der Waals surface area contributed by atoms with Crippen LogP contribution in [0.25, 0.3) is 0 Å². The number of rotatable bonds is 4. The molecule has 0 aromatic heterocycles. The third-order valence-corrected chi connectivity index (χ3v) is 2.19. The Morgan fingerprint density at radius 2 is 2.00 bits per heavy atom. The Morgan fingerprint density at radius 1 is 1.37 bits per heavy atom. The second-order valence-corrected chi connectivity index (χ2v) is 3.79. The van der Waals surface area contributed by atoms with E-state index in [1.165, 1.54) is 12.1 Å². The van der Waals surface area contributed by atoms with Crippen LogP contribution in [0.15, 0.2) is 24.3 Å². The molecule has 0 heterocycles. The maximum absolute atomic E-state index is 12.4. The van der Waals surface area contributed by atoms with Crippen molar-refractivity contribution in [3.63, 3.8) is 0 Å². The largest absolute Gasteiger partial charge is 0.448 e. The lowest BCUT2D eigenvalue weighted by Crippen LogP contribution is -2.31. The summed E-state index contributed by atoms with van der Waals surface area (Å²) in [4.78, 5) is 10.3. The third kappa shape index (κ3) is 6.30. The number of nitrogens with two attached hydrogens (primary N) is 2. The summed E-state index contributed by atoms with van der Waals surface area (Å²) in [6.45, 7) is -0.133. The summed E-state index contributed by atoms with van der Waals surface area (Å²) in [5.41, 5.74) is 10.0. The second-order valence-electron chi connectivity index (χ2n) is 3.79. The van der Waals surface area contributed by atoms with Gasteiger partial charge in [0, 0.05) is 6.04 Å². The first kappa shape index (κ1) is 17.5. The number of primary amides is 1. The van der Waals surface area contributed by atoms with Crippen molar-refractivity contribution in [3.8, 4) is 0 Å². The number of alkyl halides is 3. The first-order valence-corrected chi connectivity index (χ1v) is 5.13. The van der Waals surface area contributed by atoms with Gasteiger partial charge in [-0.3, -0.25) is 0 Å². The highest BCUT2D eigenvalue weighted by molar-refractivity contribution is 5.85. The summed E-state index contributed by atoms with van der Waals surface area (Å²) >= 11 is 0. The van der Waals surface area contributed by atoms with Crippen LogP contribution in [0.5, 0.6) is 0 Å². The van der Waals surface area contributed by atoms with E-state index >= 15 is 0 Å². The van der Waals surface area contributed by atoms with Gasteiger partial charge in [0.25, 0.3) is 0 Å². The maximum Gasteiger partial charge on any atom is 0.416 e. The fourth-order valence-corrected chi connectivity index (χ4v) is 1.43. The molecule has 0 aliphatic heterocycles. The molecule has 0 unspecified atom stereocenters. The molecule has 0 aliphatic carbocycles. The zero-order valence-electron chi connectivity index (χ0n) is 9.81. The minimum atomic E-state index is -4.39.